The number of nitriles is 1. The Morgan fingerprint density at radius 1 is 1.12 bits per heavy atom. The maximum absolute atomic E-state index is 11.8. The second-order valence-electron chi connectivity index (χ2n) is 8.13. The number of hydrogen-bond donors (Lipinski definition) is 1. The Kier molecular flexibility index (Phi) is 6.86. The van der Waals surface area contributed by atoms with Crippen molar-refractivity contribution in [1.29, 1.82) is 5.26 Å². The fourth-order valence-electron chi connectivity index (χ4n) is 3.97. The van der Waals surface area contributed by atoms with Crippen molar-refractivity contribution in [3.05, 3.63) is 113 Å². The molecule has 0 saturated heterocycles. The summed E-state index contributed by atoms with van der Waals surface area (Å²) in [6, 6.07) is 23.5. The molecule has 0 aliphatic carbocycles. The quantitative estimate of drug-likeness (QED) is 0.433. The van der Waals surface area contributed by atoms with E-state index >= 15 is 0 Å². The molecule has 0 spiro atoms. The van der Waals surface area contributed by atoms with Gasteiger partial charge in [-0.05, 0) is 53.4 Å². The highest BCUT2D eigenvalue weighted by Crippen LogP contribution is 2.33. The molecular formula is C28H26N4O2. The number of nitrogens with zero attached hydrogens (tertiary/aromatic N) is 3. The first kappa shape index (κ1) is 23.0. The van der Waals surface area contributed by atoms with Crippen molar-refractivity contribution in [1.82, 2.24) is 14.9 Å². The second-order valence-corrected chi connectivity index (χ2v) is 8.13. The molecule has 1 amide bonds. The summed E-state index contributed by atoms with van der Waals surface area (Å²) in [5.74, 6) is -0.124. The van der Waals surface area contributed by atoms with Crippen molar-refractivity contribution in [2.75, 3.05) is 7.05 Å². The molecule has 1 atom stereocenters. The van der Waals surface area contributed by atoms with Gasteiger partial charge in [0.1, 0.15) is 6.10 Å². The number of ether oxygens (including phenoxy) is 1. The number of benzene rings is 3. The highest BCUT2D eigenvalue weighted by Gasteiger charge is 2.21. The van der Waals surface area contributed by atoms with Crippen molar-refractivity contribution in [2.24, 2.45) is 7.05 Å². The predicted molar refractivity (Wildman–Crippen MR) is 131 cm³/mol. The van der Waals surface area contributed by atoms with Crippen molar-refractivity contribution < 1.29 is 9.53 Å². The Morgan fingerprint density at radius 3 is 2.53 bits per heavy atom. The summed E-state index contributed by atoms with van der Waals surface area (Å²) in [4.78, 5) is 16.1. The highest BCUT2D eigenvalue weighted by atomic mass is 16.5. The van der Waals surface area contributed by atoms with Crippen LogP contribution in [0.5, 0.6) is 0 Å². The number of rotatable bonds is 7. The summed E-state index contributed by atoms with van der Waals surface area (Å²) in [5.41, 5.74) is 7.01. The van der Waals surface area contributed by atoms with Crippen LogP contribution in [0, 0.1) is 18.3 Å². The van der Waals surface area contributed by atoms with Crippen LogP contribution in [0.4, 0.5) is 0 Å². The summed E-state index contributed by atoms with van der Waals surface area (Å²) in [6.07, 6.45) is 3.16. The summed E-state index contributed by atoms with van der Waals surface area (Å²) in [7, 11) is 3.55. The van der Waals surface area contributed by atoms with Gasteiger partial charge in [-0.15, -0.1) is 0 Å². The molecule has 3 aromatic carbocycles. The van der Waals surface area contributed by atoms with Crippen LogP contribution in [-0.4, -0.2) is 22.5 Å². The minimum atomic E-state index is -0.387. The first-order valence-corrected chi connectivity index (χ1v) is 11.0. The van der Waals surface area contributed by atoms with E-state index < -0.39 is 0 Å². The molecule has 0 saturated carbocycles. The lowest BCUT2D eigenvalue weighted by Crippen LogP contribution is -2.17. The lowest BCUT2D eigenvalue weighted by atomic mass is 9.93. The Labute approximate surface area is 199 Å². The lowest BCUT2D eigenvalue weighted by molar-refractivity contribution is 0.0622. The fourth-order valence-corrected chi connectivity index (χ4v) is 3.97. The number of nitrogens with one attached hydrogen (secondary N) is 1. The first-order chi connectivity index (χ1) is 16.5. The van der Waals surface area contributed by atoms with Gasteiger partial charge in [-0.2, -0.15) is 5.26 Å². The average Bonchev–Trinajstić information content (AvgIpc) is 3.29. The molecule has 6 nitrogen and oxygen atoms in total. The van der Waals surface area contributed by atoms with E-state index in [4.69, 9.17) is 4.74 Å². The lowest BCUT2D eigenvalue weighted by Gasteiger charge is -2.21. The third-order valence-electron chi connectivity index (χ3n) is 5.88. The van der Waals surface area contributed by atoms with Crippen molar-refractivity contribution in [3.8, 4) is 17.2 Å². The Morgan fingerprint density at radius 2 is 1.88 bits per heavy atom. The molecule has 1 N–H and O–H groups in total. The second kappa shape index (κ2) is 10.2. The zero-order chi connectivity index (χ0) is 24.1. The van der Waals surface area contributed by atoms with E-state index in [1.165, 1.54) is 0 Å². The molecule has 0 aliphatic rings. The van der Waals surface area contributed by atoms with Gasteiger partial charge in [-0.25, -0.2) is 4.98 Å². The maximum Gasteiger partial charge on any atom is 0.251 e. The van der Waals surface area contributed by atoms with Crippen LogP contribution in [-0.2, 0) is 18.4 Å². The van der Waals surface area contributed by atoms with E-state index in [-0.39, 0.29) is 12.0 Å². The van der Waals surface area contributed by atoms with E-state index in [1.807, 2.05) is 73.1 Å². The molecule has 0 fully saturated rings. The largest absolute Gasteiger partial charge is 0.363 e. The minimum Gasteiger partial charge on any atom is -0.363 e. The van der Waals surface area contributed by atoms with E-state index in [0.29, 0.717) is 17.7 Å². The molecular weight excluding hydrogens is 424 g/mol. The van der Waals surface area contributed by atoms with Crippen molar-refractivity contribution in [3.63, 3.8) is 0 Å². The molecule has 6 heteroatoms. The van der Waals surface area contributed by atoms with E-state index in [9.17, 15) is 10.1 Å². The minimum absolute atomic E-state index is 0.124. The maximum atomic E-state index is 11.8. The van der Waals surface area contributed by atoms with Crippen molar-refractivity contribution in [2.45, 2.75) is 19.6 Å². The van der Waals surface area contributed by atoms with Crippen LogP contribution in [0.25, 0.3) is 11.1 Å². The number of aryl methyl sites for hydroxylation is 2. The number of hydrogen-bond acceptors (Lipinski definition) is 4. The van der Waals surface area contributed by atoms with Crippen molar-refractivity contribution >= 4 is 5.91 Å². The van der Waals surface area contributed by atoms with Gasteiger partial charge in [-0.3, -0.25) is 4.79 Å². The van der Waals surface area contributed by atoms with Gasteiger partial charge in [0.05, 0.1) is 36.5 Å². The molecule has 170 valence electrons. The Hall–Kier alpha value is -4.21. The van der Waals surface area contributed by atoms with Crippen LogP contribution < -0.4 is 5.32 Å². The molecule has 0 radical (unpaired) electrons. The number of carbonyl (C=O) groups excluding carboxylic acids is 1. The van der Waals surface area contributed by atoms with Gasteiger partial charge >= 0.3 is 0 Å². The third-order valence-corrected chi connectivity index (χ3v) is 5.88. The SMILES string of the molecule is CNC(=O)c1ccc(COC(c2ccc(C#N)c(-c3ccccc3C)c2)c2cncn2C)cc1. The number of aromatic nitrogens is 2. The van der Waals surface area contributed by atoms with Gasteiger partial charge in [-0.1, -0.05) is 42.5 Å². The van der Waals surface area contributed by atoms with E-state index in [0.717, 1.165) is 33.5 Å². The van der Waals surface area contributed by atoms with Crippen LogP contribution in [0.15, 0.2) is 79.3 Å². The zero-order valence-electron chi connectivity index (χ0n) is 19.4. The van der Waals surface area contributed by atoms with Gasteiger partial charge < -0.3 is 14.6 Å². The molecule has 34 heavy (non-hydrogen) atoms. The Balaban J connectivity index is 1.69. The molecule has 4 aromatic rings. The van der Waals surface area contributed by atoms with Crippen LogP contribution in [0.3, 0.4) is 0 Å². The molecule has 1 unspecified atom stereocenters. The first-order valence-electron chi connectivity index (χ1n) is 11.0. The van der Waals surface area contributed by atoms with Gasteiger partial charge in [0.25, 0.3) is 5.91 Å². The molecule has 4 rings (SSSR count). The van der Waals surface area contributed by atoms with Crippen LogP contribution in [0.2, 0.25) is 0 Å². The smallest absolute Gasteiger partial charge is 0.251 e. The average molecular weight is 451 g/mol. The predicted octanol–water partition coefficient (Wildman–Crippen LogP) is 4.93. The summed E-state index contributed by atoms with van der Waals surface area (Å²) < 4.78 is 8.35. The monoisotopic (exact) mass is 450 g/mol. The zero-order valence-corrected chi connectivity index (χ0v) is 19.4. The van der Waals surface area contributed by atoms with Crippen LogP contribution >= 0.6 is 0 Å². The molecule has 1 heterocycles. The summed E-state index contributed by atoms with van der Waals surface area (Å²) in [5, 5.41) is 12.4. The van der Waals surface area contributed by atoms with Gasteiger partial charge in [0.15, 0.2) is 0 Å². The van der Waals surface area contributed by atoms with Crippen LogP contribution in [0.1, 0.15) is 44.4 Å². The van der Waals surface area contributed by atoms with Gasteiger partial charge in [0, 0.05) is 25.2 Å². The fraction of sp³-hybridized carbons (Fsp3) is 0.179. The number of amides is 1. The molecule has 0 bridgehead atoms. The van der Waals surface area contributed by atoms with E-state index in [2.05, 4.69) is 16.4 Å². The van der Waals surface area contributed by atoms with Gasteiger partial charge in [0.2, 0.25) is 0 Å². The normalized spacial score (nSPS) is 11.6. The topological polar surface area (TPSA) is 79.9 Å². The third kappa shape index (κ3) is 4.75. The standard InChI is InChI=1S/C28H26N4O2/c1-19-6-4-5-7-24(19)25-14-22(12-13-23(25)15-29)27(26-16-31-18-32(26)3)34-17-20-8-10-21(11-9-20)28(33)30-2/h4-14,16,18,27H,17H2,1-3H3,(H,30,33). The molecule has 1 aromatic heterocycles. The number of imidazole rings is 1. The Bertz CT molecular complexity index is 1350. The number of carbonyl (C=O) groups is 1. The summed E-state index contributed by atoms with van der Waals surface area (Å²) in [6.45, 7) is 2.39. The molecule has 0 aliphatic heterocycles. The highest BCUT2D eigenvalue weighted by molar-refractivity contribution is 5.93. The van der Waals surface area contributed by atoms with E-state index in [1.54, 1.807) is 31.7 Å². The summed E-state index contributed by atoms with van der Waals surface area (Å²) >= 11 is 0.